The number of ether oxygens (including phenoxy) is 1. The van der Waals surface area contributed by atoms with E-state index in [1.165, 1.54) is 0 Å². The van der Waals surface area contributed by atoms with E-state index in [1.54, 1.807) is 30.3 Å². The Bertz CT molecular complexity index is 705. The lowest BCUT2D eigenvalue weighted by Gasteiger charge is -2.06. The maximum atomic E-state index is 12.1. The molecule has 7 nitrogen and oxygen atoms in total. The highest BCUT2D eigenvalue weighted by atomic mass is 16.5. The summed E-state index contributed by atoms with van der Waals surface area (Å²) < 4.78 is 10.1. The van der Waals surface area contributed by atoms with Crippen molar-refractivity contribution in [3.05, 3.63) is 41.8 Å². The molecular formula is C15H14N2O5. The molecule has 0 radical (unpaired) electrons. The van der Waals surface area contributed by atoms with Crippen LogP contribution < -0.4 is 10.1 Å². The van der Waals surface area contributed by atoms with Gasteiger partial charge >= 0.3 is 5.97 Å². The Balaban J connectivity index is 1.64. The number of carboxylic acids is 1. The number of rotatable bonds is 6. The molecule has 0 unspecified atom stereocenters. The van der Waals surface area contributed by atoms with Crippen molar-refractivity contribution in [2.75, 3.05) is 11.9 Å². The fourth-order valence-corrected chi connectivity index (χ4v) is 1.97. The number of carbonyl (C=O) groups excluding carboxylic acids is 1. The third-order valence-corrected chi connectivity index (χ3v) is 3.20. The van der Waals surface area contributed by atoms with E-state index < -0.39 is 18.5 Å². The van der Waals surface area contributed by atoms with Gasteiger partial charge in [0, 0.05) is 23.7 Å². The number of amides is 1. The number of benzene rings is 1. The maximum absolute atomic E-state index is 12.1. The van der Waals surface area contributed by atoms with Gasteiger partial charge in [-0.05, 0) is 25.0 Å². The van der Waals surface area contributed by atoms with Gasteiger partial charge < -0.3 is 19.7 Å². The molecule has 0 saturated heterocycles. The number of hydrogen-bond donors (Lipinski definition) is 2. The Hall–Kier alpha value is -2.83. The summed E-state index contributed by atoms with van der Waals surface area (Å²) >= 11 is 0. The SMILES string of the molecule is O=C(O)COc1cccc(NC(=O)c2cc(C3CC3)no2)c1. The summed E-state index contributed by atoms with van der Waals surface area (Å²) in [7, 11) is 0. The van der Waals surface area contributed by atoms with Gasteiger partial charge in [0.2, 0.25) is 5.76 Å². The topological polar surface area (TPSA) is 102 Å². The molecule has 1 aromatic carbocycles. The number of anilines is 1. The largest absolute Gasteiger partial charge is 0.482 e. The van der Waals surface area contributed by atoms with E-state index in [9.17, 15) is 9.59 Å². The number of hydrogen-bond acceptors (Lipinski definition) is 5. The van der Waals surface area contributed by atoms with E-state index in [4.69, 9.17) is 14.4 Å². The highest BCUT2D eigenvalue weighted by Gasteiger charge is 2.28. The minimum absolute atomic E-state index is 0.152. The Labute approximate surface area is 125 Å². The molecule has 1 aliphatic rings. The van der Waals surface area contributed by atoms with E-state index in [2.05, 4.69) is 10.5 Å². The molecule has 2 N–H and O–H groups in total. The lowest BCUT2D eigenvalue weighted by Crippen LogP contribution is -2.12. The average Bonchev–Trinajstić information content (AvgIpc) is 3.22. The molecule has 0 aliphatic heterocycles. The van der Waals surface area contributed by atoms with Crippen LogP contribution in [-0.4, -0.2) is 28.7 Å². The number of carboxylic acid groups (broad SMARTS) is 1. The Kier molecular flexibility index (Phi) is 3.78. The Morgan fingerprint density at radius 3 is 2.91 bits per heavy atom. The lowest BCUT2D eigenvalue weighted by atomic mass is 10.2. The normalized spacial score (nSPS) is 13.6. The second-order valence-electron chi connectivity index (χ2n) is 5.05. The zero-order chi connectivity index (χ0) is 15.5. The van der Waals surface area contributed by atoms with Gasteiger partial charge in [-0.2, -0.15) is 0 Å². The van der Waals surface area contributed by atoms with Crippen molar-refractivity contribution in [1.82, 2.24) is 5.16 Å². The monoisotopic (exact) mass is 302 g/mol. The van der Waals surface area contributed by atoms with Gasteiger partial charge in [0.15, 0.2) is 6.61 Å². The lowest BCUT2D eigenvalue weighted by molar-refractivity contribution is -0.139. The molecule has 1 aromatic heterocycles. The van der Waals surface area contributed by atoms with Crippen molar-refractivity contribution in [2.24, 2.45) is 0 Å². The fraction of sp³-hybridized carbons (Fsp3) is 0.267. The second-order valence-corrected chi connectivity index (χ2v) is 5.05. The highest BCUT2D eigenvalue weighted by Crippen LogP contribution is 2.39. The molecule has 114 valence electrons. The van der Waals surface area contributed by atoms with Crippen LogP contribution in [0.2, 0.25) is 0 Å². The molecule has 3 rings (SSSR count). The molecule has 7 heteroatoms. The predicted octanol–water partition coefficient (Wildman–Crippen LogP) is 2.27. The quantitative estimate of drug-likeness (QED) is 0.848. The van der Waals surface area contributed by atoms with Crippen molar-refractivity contribution >= 4 is 17.6 Å². The molecule has 1 fully saturated rings. The first-order valence-corrected chi connectivity index (χ1v) is 6.84. The fourth-order valence-electron chi connectivity index (χ4n) is 1.97. The molecule has 2 aromatic rings. The number of aliphatic carboxylic acids is 1. The zero-order valence-electron chi connectivity index (χ0n) is 11.6. The van der Waals surface area contributed by atoms with Crippen LogP contribution in [0.5, 0.6) is 5.75 Å². The van der Waals surface area contributed by atoms with Crippen molar-refractivity contribution in [1.29, 1.82) is 0 Å². The molecule has 1 aliphatic carbocycles. The molecular weight excluding hydrogens is 288 g/mol. The van der Waals surface area contributed by atoms with Crippen LogP contribution in [0.3, 0.4) is 0 Å². The molecule has 1 heterocycles. The first kappa shape index (κ1) is 14.1. The van der Waals surface area contributed by atoms with Crippen LogP contribution in [0.25, 0.3) is 0 Å². The number of carbonyl (C=O) groups is 2. The summed E-state index contributed by atoms with van der Waals surface area (Å²) in [4.78, 5) is 22.5. The molecule has 22 heavy (non-hydrogen) atoms. The standard InChI is InChI=1S/C15H14N2O5/c18-14(19)8-21-11-3-1-2-10(6-11)16-15(20)13-7-12(17-22-13)9-4-5-9/h1-3,6-7,9H,4-5,8H2,(H,16,20)(H,18,19). The van der Waals surface area contributed by atoms with Gasteiger partial charge in [-0.25, -0.2) is 4.79 Å². The average molecular weight is 302 g/mol. The summed E-state index contributed by atoms with van der Waals surface area (Å²) in [6, 6.07) is 8.13. The van der Waals surface area contributed by atoms with E-state index in [0.29, 0.717) is 17.4 Å². The van der Waals surface area contributed by atoms with Crippen LogP contribution in [0.4, 0.5) is 5.69 Å². The van der Waals surface area contributed by atoms with Crippen molar-refractivity contribution < 1.29 is 24.0 Å². The van der Waals surface area contributed by atoms with Gasteiger partial charge in [0.05, 0.1) is 5.69 Å². The first-order valence-electron chi connectivity index (χ1n) is 6.84. The predicted molar refractivity (Wildman–Crippen MR) is 76.0 cm³/mol. The Morgan fingerprint density at radius 2 is 2.18 bits per heavy atom. The van der Waals surface area contributed by atoms with Crippen LogP contribution >= 0.6 is 0 Å². The minimum Gasteiger partial charge on any atom is -0.482 e. The first-order chi connectivity index (χ1) is 10.6. The van der Waals surface area contributed by atoms with Crippen molar-refractivity contribution in [2.45, 2.75) is 18.8 Å². The summed E-state index contributed by atoms with van der Waals surface area (Å²) in [6.07, 6.45) is 2.16. The van der Waals surface area contributed by atoms with Crippen molar-refractivity contribution in [3.8, 4) is 5.75 Å². The zero-order valence-corrected chi connectivity index (χ0v) is 11.6. The highest BCUT2D eigenvalue weighted by molar-refractivity contribution is 6.02. The number of aromatic nitrogens is 1. The molecule has 0 bridgehead atoms. The minimum atomic E-state index is -1.07. The van der Waals surface area contributed by atoms with E-state index >= 15 is 0 Å². The van der Waals surface area contributed by atoms with Gasteiger partial charge in [0.25, 0.3) is 5.91 Å². The van der Waals surface area contributed by atoms with Crippen LogP contribution in [0.1, 0.15) is 35.0 Å². The smallest absolute Gasteiger partial charge is 0.341 e. The third-order valence-electron chi connectivity index (χ3n) is 3.20. The summed E-state index contributed by atoms with van der Waals surface area (Å²) in [5.74, 6) is -0.549. The van der Waals surface area contributed by atoms with E-state index in [0.717, 1.165) is 18.5 Å². The number of nitrogens with one attached hydrogen (secondary N) is 1. The van der Waals surface area contributed by atoms with Gasteiger partial charge in [-0.1, -0.05) is 11.2 Å². The van der Waals surface area contributed by atoms with Crippen molar-refractivity contribution in [3.63, 3.8) is 0 Å². The van der Waals surface area contributed by atoms with E-state index in [-0.39, 0.29) is 5.76 Å². The molecule has 0 spiro atoms. The summed E-state index contributed by atoms with van der Waals surface area (Å²) in [5.41, 5.74) is 1.29. The van der Waals surface area contributed by atoms with Crippen LogP contribution in [0.15, 0.2) is 34.9 Å². The number of nitrogens with zero attached hydrogens (tertiary/aromatic N) is 1. The molecule has 0 atom stereocenters. The van der Waals surface area contributed by atoms with Gasteiger partial charge in [-0.3, -0.25) is 4.79 Å². The van der Waals surface area contributed by atoms with Gasteiger partial charge in [0.1, 0.15) is 5.75 Å². The van der Waals surface area contributed by atoms with E-state index in [1.807, 2.05) is 0 Å². The maximum Gasteiger partial charge on any atom is 0.341 e. The van der Waals surface area contributed by atoms with Crippen LogP contribution in [-0.2, 0) is 4.79 Å². The van der Waals surface area contributed by atoms with Gasteiger partial charge in [-0.15, -0.1) is 0 Å². The third kappa shape index (κ3) is 3.43. The summed E-state index contributed by atoms with van der Waals surface area (Å²) in [5, 5.41) is 15.1. The molecule has 1 amide bonds. The summed E-state index contributed by atoms with van der Waals surface area (Å²) in [6.45, 7) is -0.440. The Morgan fingerprint density at radius 1 is 1.36 bits per heavy atom. The molecule has 1 saturated carbocycles. The second kappa shape index (κ2) is 5.88. The van der Waals surface area contributed by atoms with Crippen LogP contribution in [0, 0.1) is 0 Å².